The van der Waals surface area contributed by atoms with Crippen LogP contribution in [0.2, 0.25) is 0 Å². The van der Waals surface area contributed by atoms with E-state index in [1.165, 1.54) is 0 Å². The van der Waals surface area contributed by atoms with Gasteiger partial charge in [0, 0.05) is 55.4 Å². The molecule has 0 aliphatic carbocycles. The Bertz CT molecular complexity index is 1520. The van der Waals surface area contributed by atoms with Crippen LogP contribution in [-0.4, -0.2) is 47.3 Å². The van der Waals surface area contributed by atoms with Crippen molar-refractivity contribution in [3.8, 4) is 34.3 Å². The maximum absolute atomic E-state index is 12.4. The molecule has 9 nitrogen and oxygen atoms in total. The number of nitrogens with zero attached hydrogens (tertiary/aromatic N) is 6. The smallest absolute Gasteiger partial charge is 0.219 e. The molecule has 0 spiro atoms. The Hall–Kier alpha value is -4.66. The monoisotopic (exact) mass is 477 g/mol. The number of hydrogen-bond donors (Lipinski definition) is 1. The van der Waals surface area contributed by atoms with E-state index in [1.54, 1.807) is 44.1 Å². The lowest BCUT2D eigenvalue weighted by molar-refractivity contribution is -0.129. The van der Waals surface area contributed by atoms with Crippen LogP contribution in [0.3, 0.4) is 0 Å². The van der Waals surface area contributed by atoms with Gasteiger partial charge in [0.2, 0.25) is 5.91 Å². The van der Waals surface area contributed by atoms with Crippen LogP contribution in [0.1, 0.15) is 31.4 Å². The number of carbonyl (C=O) groups excluding carboxylic acids is 1. The molecule has 36 heavy (non-hydrogen) atoms. The lowest BCUT2D eigenvalue weighted by Crippen LogP contribution is -2.28. The highest BCUT2D eigenvalue weighted by Gasteiger charge is 2.31. The third-order valence-electron chi connectivity index (χ3n) is 6.38. The number of nitrogens with one attached hydrogen (secondary N) is 1. The van der Waals surface area contributed by atoms with Crippen LogP contribution in [-0.2, 0) is 4.79 Å². The maximum atomic E-state index is 12.4. The molecule has 5 aromatic rings. The molecule has 1 fully saturated rings. The first-order valence-electron chi connectivity index (χ1n) is 11.8. The first-order chi connectivity index (χ1) is 17.7. The summed E-state index contributed by atoms with van der Waals surface area (Å²) in [6.45, 7) is 2.35. The van der Waals surface area contributed by atoms with E-state index in [0.29, 0.717) is 23.0 Å². The molecule has 1 unspecified atom stereocenters. The summed E-state index contributed by atoms with van der Waals surface area (Å²) in [7, 11) is 0. The van der Waals surface area contributed by atoms with Gasteiger partial charge in [-0.2, -0.15) is 0 Å². The third kappa shape index (κ3) is 4.15. The van der Waals surface area contributed by atoms with E-state index >= 15 is 0 Å². The number of imidazole rings is 1. The molecular weight excluding hydrogens is 454 g/mol. The minimum atomic E-state index is -0.0657. The zero-order chi connectivity index (χ0) is 24.5. The third-order valence-corrected chi connectivity index (χ3v) is 6.38. The van der Waals surface area contributed by atoms with Gasteiger partial charge < -0.3 is 14.6 Å². The predicted molar refractivity (Wildman–Crippen MR) is 134 cm³/mol. The number of H-pyrrole nitrogens is 1. The van der Waals surface area contributed by atoms with Crippen LogP contribution in [0.4, 0.5) is 0 Å². The number of rotatable bonds is 5. The Balaban J connectivity index is 1.40. The Labute approximate surface area is 207 Å². The van der Waals surface area contributed by atoms with Crippen LogP contribution in [0.25, 0.3) is 33.8 Å². The molecule has 178 valence electrons. The van der Waals surface area contributed by atoms with Gasteiger partial charge in [-0.1, -0.05) is 0 Å². The number of fused-ring (bicyclic) bond motifs is 1. The Morgan fingerprint density at radius 1 is 1.00 bits per heavy atom. The lowest BCUT2D eigenvalue weighted by Gasteiger charge is -2.25. The van der Waals surface area contributed by atoms with E-state index in [-0.39, 0.29) is 11.9 Å². The van der Waals surface area contributed by atoms with E-state index in [4.69, 9.17) is 9.72 Å². The average Bonchev–Trinajstić information content (AvgIpc) is 3.57. The van der Waals surface area contributed by atoms with Gasteiger partial charge in [-0.3, -0.25) is 19.7 Å². The lowest BCUT2D eigenvalue weighted by atomic mass is 10.0. The van der Waals surface area contributed by atoms with Crippen molar-refractivity contribution in [2.24, 2.45) is 0 Å². The van der Waals surface area contributed by atoms with E-state index in [1.807, 2.05) is 41.3 Å². The second-order valence-corrected chi connectivity index (χ2v) is 8.67. The number of ether oxygens (including phenoxy) is 1. The van der Waals surface area contributed by atoms with E-state index in [2.05, 4.69) is 24.9 Å². The van der Waals surface area contributed by atoms with Gasteiger partial charge in [-0.15, -0.1) is 0 Å². The van der Waals surface area contributed by atoms with Gasteiger partial charge in [0.25, 0.3) is 0 Å². The Morgan fingerprint density at radius 3 is 2.44 bits per heavy atom. The van der Waals surface area contributed by atoms with Crippen molar-refractivity contribution in [1.82, 2.24) is 34.8 Å². The van der Waals surface area contributed by atoms with E-state index in [9.17, 15) is 4.79 Å². The number of aromatic nitrogens is 6. The van der Waals surface area contributed by atoms with Gasteiger partial charge in [0.15, 0.2) is 5.82 Å². The summed E-state index contributed by atoms with van der Waals surface area (Å²) in [6.07, 6.45) is 11.8. The van der Waals surface area contributed by atoms with Crippen LogP contribution in [0, 0.1) is 0 Å². The number of likely N-dealkylation sites (tertiary alicyclic amines) is 1. The molecule has 1 aliphatic rings. The quantitative estimate of drug-likeness (QED) is 0.381. The molecular formula is C27H23N7O2. The predicted octanol–water partition coefficient (Wildman–Crippen LogP) is 4.95. The number of carbonyl (C=O) groups is 1. The van der Waals surface area contributed by atoms with Crippen molar-refractivity contribution in [3.63, 3.8) is 0 Å². The molecule has 3 aromatic heterocycles. The first-order valence-corrected chi connectivity index (χ1v) is 11.8. The molecule has 6 rings (SSSR count). The van der Waals surface area contributed by atoms with Crippen molar-refractivity contribution in [2.75, 3.05) is 6.54 Å². The van der Waals surface area contributed by atoms with E-state index < -0.39 is 0 Å². The first kappa shape index (κ1) is 21.8. The fourth-order valence-electron chi connectivity index (χ4n) is 4.68. The molecule has 0 saturated carbocycles. The SMILES string of the molecule is CC(=O)N1CCCC1c1cc2[nH]c(-c3cnccn3)nc2cc1Oc1ccc(-c2cnccn2)cc1. The largest absolute Gasteiger partial charge is 0.457 e. The minimum absolute atomic E-state index is 0.0572. The van der Waals surface area contributed by atoms with Gasteiger partial charge in [-0.25, -0.2) is 9.97 Å². The fraction of sp³-hybridized carbons (Fsp3) is 0.185. The zero-order valence-electron chi connectivity index (χ0n) is 19.6. The van der Waals surface area contributed by atoms with Gasteiger partial charge in [-0.05, 0) is 43.2 Å². The molecule has 4 heterocycles. The minimum Gasteiger partial charge on any atom is -0.457 e. The standard InChI is InChI=1S/C27H23N7O2/c1-17(35)34-12-2-3-25(34)20-13-21-22(33-27(32-21)24-16-29-9-11-31-24)14-26(20)36-19-6-4-18(5-7-19)23-15-28-8-10-30-23/h4-11,13-16,25H,2-3,12H2,1H3,(H,32,33). The molecule has 0 radical (unpaired) electrons. The molecule has 1 saturated heterocycles. The second-order valence-electron chi connectivity index (χ2n) is 8.67. The normalized spacial score (nSPS) is 15.4. The van der Waals surface area contributed by atoms with Crippen LogP contribution in [0.5, 0.6) is 11.5 Å². The average molecular weight is 478 g/mol. The van der Waals surface area contributed by atoms with Crippen molar-refractivity contribution < 1.29 is 9.53 Å². The highest BCUT2D eigenvalue weighted by Crippen LogP contribution is 2.41. The highest BCUT2D eigenvalue weighted by atomic mass is 16.5. The van der Waals surface area contributed by atoms with Crippen LogP contribution >= 0.6 is 0 Å². The fourth-order valence-corrected chi connectivity index (χ4v) is 4.68. The van der Waals surface area contributed by atoms with Crippen molar-refractivity contribution >= 4 is 16.9 Å². The summed E-state index contributed by atoms with van der Waals surface area (Å²) in [5.41, 5.74) is 4.95. The van der Waals surface area contributed by atoms with Gasteiger partial charge in [0.1, 0.15) is 17.2 Å². The Morgan fingerprint density at radius 2 is 1.75 bits per heavy atom. The number of hydrogen-bond acceptors (Lipinski definition) is 7. The van der Waals surface area contributed by atoms with Crippen LogP contribution in [0.15, 0.2) is 73.6 Å². The molecule has 1 N–H and O–H groups in total. The number of benzene rings is 2. The summed E-state index contributed by atoms with van der Waals surface area (Å²) in [6, 6.07) is 11.6. The molecule has 2 aromatic carbocycles. The summed E-state index contributed by atoms with van der Waals surface area (Å²) < 4.78 is 6.41. The highest BCUT2D eigenvalue weighted by molar-refractivity contribution is 5.82. The van der Waals surface area contributed by atoms with Crippen molar-refractivity contribution in [1.29, 1.82) is 0 Å². The number of amides is 1. The van der Waals surface area contributed by atoms with Gasteiger partial charge >= 0.3 is 0 Å². The Kier molecular flexibility index (Phi) is 5.57. The second kappa shape index (κ2) is 9.18. The van der Waals surface area contributed by atoms with E-state index in [0.717, 1.165) is 47.2 Å². The summed E-state index contributed by atoms with van der Waals surface area (Å²) in [5.74, 6) is 2.04. The summed E-state index contributed by atoms with van der Waals surface area (Å²) >= 11 is 0. The van der Waals surface area contributed by atoms with Crippen molar-refractivity contribution in [3.05, 3.63) is 79.1 Å². The van der Waals surface area contributed by atoms with Crippen LogP contribution < -0.4 is 4.74 Å². The topological polar surface area (TPSA) is 110 Å². The molecule has 0 bridgehead atoms. The van der Waals surface area contributed by atoms with Crippen molar-refractivity contribution in [2.45, 2.75) is 25.8 Å². The molecule has 1 aliphatic heterocycles. The number of aromatic amines is 1. The molecule has 1 atom stereocenters. The maximum Gasteiger partial charge on any atom is 0.219 e. The molecule has 1 amide bonds. The summed E-state index contributed by atoms with van der Waals surface area (Å²) in [4.78, 5) is 39.3. The zero-order valence-corrected chi connectivity index (χ0v) is 19.6. The molecule has 9 heteroatoms. The summed E-state index contributed by atoms with van der Waals surface area (Å²) in [5, 5.41) is 0. The van der Waals surface area contributed by atoms with Gasteiger partial charge in [0.05, 0.1) is 35.2 Å².